The first kappa shape index (κ1) is 15.5. The van der Waals surface area contributed by atoms with Gasteiger partial charge in [0.2, 0.25) is 5.91 Å². The Morgan fingerprint density at radius 2 is 1.95 bits per heavy atom. The Kier molecular flexibility index (Phi) is 6.36. The third kappa shape index (κ3) is 4.91. The average Bonchev–Trinajstić information content (AvgIpc) is 2.44. The summed E-state index contributed by atoms with van der Waals surface area (Å²) in [6.07, 6.45) is 0.511. The van der Waals surface area contributed by atoms with Gasteiger partial charge in [-0.25, -0.2) is 0 Å². The van der Waals surface area contributed by atoms with Crippen LogP contribution in [0.25, 0.3) is 0 Å². The van der Waals surface area contributed by atoms with Gasteiger partial charge in [-0.2, -0.15) is 0 Å². The third-order valence-electron chi connectivity index (χ3n) is 2.92. The molecule has 1 aromatic rings. The molecule has 0 aliphatic heterocycles. The van der Waals surface area contributed by atoms with E-state index in [0.717, 1.165) is 5.56 Å². The fourth-order valence-electron chi connectivity index (χ4n) is 1.88. The second kappa shape index (κ2) is 7.79. The Morgan fingerprint density at radius 3 is 2.47 bits per heavy atom. The molecule has 19 heavy (non-hydrogen) atoms. The first-order chi connectivity index (χ1) is 9.08. The van der Waals surface area contributed by atoms with Crippen LogP contribution in [0.2, 0.25) is 0 Å². The number of esters is 1. The van der Waals surface area contributed by atoms with Crippen LogP contribution in [0.5, 0.6) is 0 Å². The van der Waals surface area contributed by atoms with Crippen molar-refractivity contribution in [3.8, 4) is 0 Å². The Bertz CT molecular complexity index is 422. The maximum atomic E-state index is 11.8. The Morgan fingerprint density at radius 1 is 1.32 bits per heavy atom. The maximum absolute atomic E-state index is 11.8. The summed E-state index contributed by atoms with van der Waals surface area (Å²) in [6.45, 7) is 1.77. The molecule has 0 saturated heterocycles. The second-order valence-corrected chi connectivity index (χ2v) is 4.58. The van der Waals surface area contributed by atoms with Crippen LogP contribution in [0.4, 0.5) is 0 Å². The van der Waals surface area contributed by atoms with Crippen LogP contribution >= 0.6 is 11.6 Å². The van der Waals surface area contributed by atoms with E-state index in [-0.39, 0.29) is 23.8 Å². The molecule has 5 heteroatoms. The summed E-state index contributed by atoms with van der Waals surface area (Å²) >= 11 is 5.45. The monoisotopic (exact) mass is 283 g/mol. The maximum Gasteiger partial charge on any atom is 0.311 e. The Balaban J connectivity index is 2.77. The lowest BCUT2D eigenvalue weighted by Crippen LogP contribution is -2.43. The highest BCUT2D eigenvalue weighted by Crippen LogP contribution is 2.14. The topological polar surface area (TPSA) is 55.4 Å². The number of nitrogens with one attached hydrogen (secondary N) is 1. The van der Waals surface area contributed by atoms with E-state index in [1.807, 2.05) is 30.3 Å². The van der Waals surface area contributed by atoms with E-state index in [1.165, 1.54) is 7.11 Å². The molecule has 0 heterocycles. The van der Waals surface area contributed by atoms with Crippen LogP contribution in [0.15, 0.2) is 30.3 Å². The molecule has 104 valence electrons. The van der Waals surface area contributed by atoms with Gasteiger partial charge in [-0.1, -0.05) is 30.3 Å². The number of benzene rings is 1. The first-order valence-electron chi connectivity index (χ1n) is 6.05. The summed E-state index contributed by atoms with van der Waals surface area (Å²) in [4.78, 5) is 23.1. The smallest absolute Gasteiger partial charge is 0.311 e. The number of ether oxygens (including phenoxy) is 1. The highest BCUT2D eigenvalue weighted by atomic mass is 35.5. The van der Waals surface area contributed by atoms with Gasteiger partial charge in [-0.3, -0.25) is 9.59 Å². The molecule has 1 N–H and O–H groups in total. The molecule has 0 aliphatic carbocycles. The van der Waals surface area contributed by atoms with Crippen molar-refractivity contribution in [1.82, 2.24) is 5.32 Å². The van der Waals surface area contributed by atoms with Crippen molar-refractivity contribution in [2.24, 2.45) is 5.92 Å². The number of carbonyl (C=O) groups excluding carboxylic acids is 2. The first-order valence-corrected chi connectivity index (χ1v) is 6.59. The number of halogens is 1. The normalized spacial score (nSPS) is 13.4. The van der Waals surface area contributed by atoms with Crippen molar-refractivity contribution in [1.29, 1.82) is 0 Å². The SMILES string of the molecule is COC(=O)C(Cc1ccccc1)C(C)NC(=O)CCl. The van der Waals surface area contributed by atoms with E-state index in [0.29, 0.717) is 6.42 Å². The summed E-state index contributed by atoms with van der Waals surface area (Å²) < 4.78 is 4.80. The molecule has 2 atom stereocenters. The zero-order valence-electron chi connectivity index (χ0n) is 11.1. The molecule has 1 aromatic carbocycles. The fraction of sp³-hybridized carbons (Fsp3) is 0.429. The van der Waals surface area contributed by atoms with Gasteiger partial charge >= 0.3 is 5.97 Å². The van der Waals surface area contributed by atoms with E-state index in [1.54, 1.807) is 6.92 Å². The van der Waals surface area contributed by atoms with Crippen LogP contribution in [-0.2, 0) is 20.7 Å². The van der Waals surface area contributed by atoms with Gasteiger partial charge in [0.15, 0.2) is 0 Å². The number of carbonyl (C=O) groups is 2. The summed E-state index contributed by atoms with van der Waals surface area (Å²) in [5, 5.41) is 2.69. The molecule has 0 saturated carbocycles. The number of hydrogen-bond acceptors (Lipinski definition) is 3. The van der Waals surface area contributed by atoms with Crippen molar-refractivity contribution in [2.45, 2.75) is 19.4 Å². The van der Waals surface area contributed by atoms with Gasteiger partial charge in [-0.15, -0.1) is 11.6 Å². The summed E-state index contributed by atoms with van der Waals surface area (Å²) in [7, 11) is 1.34. The minimum absolute atomic E-state index is 0.121. The van der Waals surface area contributed by atoms with E-state index in [2.05, 4.69) is 5.32 Å². The second-order valence-electron chi connectivity index (χ2n) is 4.31. The predicted octanol–water partition coefficient (Wildman–Crippen LogP) is 1.76. The summed E-state index contributed by atoms with van der Waals surface area (Å²) in [5.41, 5.74) is 1.02. The lowest BCUT2D eigenvalue weighted by atomic mass is 9.93. The quantitative estimate of drug-likeness (QED) is 0.639. The minimum Gasteiger partial charge on any atom is -0.469 e. The highest BCUT2D eigenvalue weighted by Gasteiger charge is 2.27. The minimum atomic E-state index is -0.431. The molecule has 1 rings (SSSR count). The zero-order valence-corrected chi connectivity index (χ0v) is 11.8. The molecule has 0 bridgehead atoms. The lowest BCUT2D eigenvalue weighted by Gasteiger charge is -2.22. The fourth-order valence-corrected chi connectivity index (χ4v) is 1.95. The molecule has 4 nitrogen and oxygen atoms in total. The molecule has 0 spiro atoms. The van der Waals surface area contributed by atoms with E-state index < -0.39 is 5.92 Å². The average molecular weight is 284 g/mol. The van der Waals surface area contributed by atoms with Gasteiger partial charge in [0.25, 0.3) is 0 Å². The standard InChI is InChI=1S/C14H18ClNO3/c1-10(16-13(17)9-15)12(14(18)19-2)8-11-6-4-3-5-7-11/h3-7,10,12H,8-9H2,1-2H3,(H,16,17). The van der Waals surface area contributed by atoms with Crippen LogP contribution in [0.3, 0.4) is 0 Å². The molecule has 0 aromatic heterocycles. The van der Waals surface area contributed by atoms with Crippen molar-refractivity contribution in [3.05, 3.63) is 35.9 Å². The van der Waals surface area contributed by atoms with Crippen molar-refractivity contribution < 1.29 is 14.3 Å². The molecule has 0 fully saturated rings. The highest BCUT2D eigenvalue weighted by molar-refractivity contribution is 6.27. The van der Waals surface area contributed by atoms with Crippen molar-refractivity contribution in [2.75, 3.05) is 13.0 Å². The lowest BCUT2D eigenvalue weighted by molar-refractivity contribution is -0.146. The van der Waals surface area contributed by atoms with Gasteiger partial charge in [0.05, 0.1) is 13.0 Å². The number of amides is 1. The van der Waals surface area contributed by atoms with Crippen molar-refractivity contribution in [3.63, 3.8) is 0 Å². The van der Waals surface area contributed by atoms with Crippen molar-refractivity contribution >= 4 is 23.5 Å². The Hall–Kier alpha value is -1.55. The molecule has 1 amide bonds. The molecule has 2 unspecified atom stereocenters. The van der Waals surface area contributed by atoms with Crippen LogP contribution < -0.4 is 5.32 Å². The van der Waals surface area contributed by atoms with Crippen LogP contribution in [-0.4, -0.2) is 30.9 Å². The Labute approximate surface area is 118 Å². The zero-order chi connectivity index (χ0) is 14.3. The third-order valence-corrected chi connectivity index (χ3v) is 3.16. The molecule has 0 aliphatic rings. The summed E-state index contributed by atoms with van der Waals surface area (Å²) in [5.74, 6) is -1.19. The van der Waals surface area contributed by atoms with Gasteiger partial charge in [0, 0.05) is 6.04 Å². The largest absolute Gasteiger partial charge is 0.469 e. The number of rotatable bonds is 6. The number of methoxy groups -OCH3 is 1. The molecule has 0 radical (unpaired) electrons. The number of hydrogen-bond donors (Lipinski definition) is 1. The van der Waals surface area contributed by atoms with Gasteiger partial charge in [-0.05, 0) is 18.9 Å². The van der Waals surface area contributed by atoms with E-state index >= 15 is 0 Å². The van der Waals surface area contributed by atoms with Gasteiger partial charge < -0.3 is 10.1 Å². The van der Waals surface area contributed by atoms with Crippen LogP contribution in [0, 0.1) is 5.92 Å². The molecular weight excluding hydrogens is 266 g/mol. The van der Waals surface area contributed by atoms with E-state index in [4.69, 9.17) is 16.3 Å². The van der Waals surface area contributed by atoms with E-state index in [9.17, 15) is 9.59 Å². The number of alkyl halides is 1. The predicted molar refractivity (Wildman–Crippen MR) is 74.0 cm³/mol. The van der Waals surface area contributed by atoms with Gasteiger partial charge in [0.1, 0.15) is 5.88 Å². The summed E-state index contributed by atoms with van der Waals surface area (Å²) in [6, 6.07) is 9.27. The molecular formula is C14H18ClNO3. The van der Waals surface area contributed by atoms with Crippen LogP contribution in [0.1, 0.15) is 12.5 Å².